The van der Waals surface area contributed by atoms with Gasteiger partial charge in [-0.2, -0.15) is 0 Å². The minimum absolute atomic E-state index is 0.685. The van der Waals surface area contributed by atoms with Crippen LogP contribution in [-0.4, -0.2) is 0 Å². The third kappa shape index (κ3) is 1.24. The van der Waals surface area contributed by atoms with Crippen LogP contribution in [0.1, 0.15) is 20.8 Å². The van der Waals surface area contributed by atoms with Gasteiger partial charge in [-0.25, -0.2) is 0 Å². The van der Waals surface area contributed by atoms with E-state index in [0.717, 1.165) is 5.92 Å². The fraction of sp³-hybridized carbons (Fsp3) is 0.556. The summed E-state index contributed by atoms with van der Waals surface area (Å²) in [5, 5.41) is 0. The molecule has 0 aliphatic heterocycles. The topological polar surface area (TPSA) is 0 Å². The van der Waals surface area contributed by atoms with Gasteiger partial charge in [-0.05, 0) is 11.8 Å². The van der Waals surface area contributed by atoms with Crippen molar-refractivity contribution >= 4 is 0 Å². The third-order valence-corrected chi connectivity index (χ3v) is 1.88. The predicted molar refractivity (Wildman–Crippen MR) is 41.2 cm³/mol. The summed E-state index contributed by atoms with van der Waals surface area (Å²) in [5.74, 6) is 1.40. The van der Waals surface area contributed by atoms with Crippen molar-refractivity contribution in [3.63, 3.8) is 0 Å². The molecular formula is C9H14. The Morgan fingerprint density at radius 3 is 2.33 bits per heavy atom. The smallest absolute Gasteiger partial charge is 0.00428 e. The molecule has 0 spiro atoms. The zero-order valence-corrected chi connectivity index (χ0v) is 6.39. The van der Waals surface area contributed by atoms with Gasteiger partial charge in [0.15, 0.2) is 0 Å². The number of rotatable bonds is 1. The fourth-order valence-corrected chi connectivity index (χ4v) is 1.31. The van der Waals surface area contributed by atoms with Gasteiger partial charge in [-0.3, -0.25) is 0 Å². The van der Waals surface area contributed by atoms with Crippen molar-refractivity contribution in [2.45, 2.75) is 20.8 Å². The van der Waals surface area contributed by atoms with Crippen molar-refractivity contribution in [2.75, 3.05) is 0 Å². The Kier molecular flexibility index (Phi) is 1.75. The van der Waals surface area contributed by atoms with Crippen LogP contribution in [0, 0.1) is 11.8 Å². The molecular weight excluding hydrogens is 108 g/mol. The Balaban J connectivity index is 2.64. The Morgan fingerprint density at radius 1 is 1.44 bits per heavy atom. The second-order valence-electron chi connectivity index (χ2n) is 2.99. The van der Waals surface area contributed by atoms with Gasteiger partial charge in [-0.1, -0.05) is 44.6 Å². The number of allylic oxidation sites excluding steroid dienone is 4. The third-order valence-electron chi connectivity index (χ3n) is 1.88. The highest BCUT2D eigenvalue weighted by Gasteiger charge is 2.11. The van der Waals surface area contributed by atoms with Crippen LogP contribution in [0.4, 0.5) is 0 Å². The lowest BCUT2D eigenvalue weighted by Crippen LogP contribution is -1.98. The zero-order valence-electron chi connectivity index (χ0n) is 6.39. The molecule has 0 saturated carbocycles. The molecule has 0 radical (unpaired) electrons. The molecule has 1 aliphatic carbocycles. The summed E-state index contributed by atoms with van der Waals surface area (Å²) >= 11 is 0. The molecule has 0 amide bonds. The molecule has 0 N–H and O–H groups in total. The highest BCUT2D eigenvalue weighted by atomic mass is 14.2. The van der Waals surface area contributed by atoms with Gasteiger partial charge in [0.25, 0.3) is 0 Å². The van der Waals surface area contributed by atoms with Crippen molar-refractivity contribution in [1.82, 2.24) is 0 Å². The first kappa shape index (κ1) is 6.60. The molecule has 0 heteroatoms. The Bertz CT molecular complexity index is 149. The highest BCUT2D eigenvalue weighted by Crippen LogP contribution is 2.24. The maximum atomic E-state index is 2.25. The van der Waals surface area contributed by atoms with Crippen molar-refractivity contribution < 1.29 is 0 Å². The lowest BCUT2D eigenvalue weighted by atomic mass is 9.95. The van der Waals surface area contributed by atoms with Gasteiger partial charge in [0.05, 0.1) is 0 Å². The number of hydrogen-bond donors (Lipinski definition) is 0. The maximum Gasteiger partial charge on any atom is -0.00428 e. The lowest BCUT2D eigenvalue weighted by molar-refractivity contribution is 0.675. The molecule has 0 nitrogen and oxygen atoms in total. The molecule has 1 aliphatic rings. The van der Waals surface area contributed by atoms with Crippen LogP contribution in [-0.2, 0) is 0 Å². The minimum atomic E-state index is 0.685. The Hall–Kier alpha value is -0.520. The first-order chi connectivity index (χ1) is 4.22. The summed E-state index contributed by atoms with van der Waals surface area (Å²) in [6.45, 7) is 6.74. The molecule has 0 bridgehead atoms. The van der Waals surface area contributed by atoms with Crippen LogP contribution in [0.25, 0.3) is 0 Å². The molecule has 1 atom stereocenters. The molecule has 0 aromatic heterocycles. The van der Waals surface area contributed by atoms with Gasteiger partial charge in [0.1, 0.15) is 0 Å². The van der Waals surface area contributed by atoms with Crippen LogP contribution >= 0.6 is 0 Å². The number of hydrogen-bond acceptors (Lipinski definition) is 0. The van der Waals surface area contributed by atoms with Gasteiger partial charge < -0.3 is 0 Å². The van der Waals surface area contributed by atoms with Gasteiger partial charge in [0, 0.05) is 0 Å². The van der Waals surface area contributed by atoms with Crippen LogP contribution in [0.15, 0.2) is 23.8 Å². The van der Waals surface area contributed by atoms with E-state index in [1.807, 2.05) is 0 Å². The van der Waals surface area contributed by atoms with Crippen LogP contribution in [0.5, 0.6) is 0 Å². The first-order valence-electron chi connectivity index (χ1n) is 3.60. The van der Waals surface area contributed by atoms with Gasteiger partial charge in [0.2, 0.25) is 0 Å². The van der Waals surface area contributed by atoms with Crippen molar-refractivity contribution in [3.8, 4) is 0 Å². The van der Waals surface area contributed by atoms with Crippen molar-refractivity contribution in [3.05, 3.63) is 23.8 Å². The first-order valence-corrected chi connectivity index (χ1v) is 3.60. The molecule has 0 aromatic rings. The fourth-order valence-electron chi connectivity index (χ4n) is 1.31. The van der Waals surface area contributed by atoms with Crippen molar-refractivity contribution in [2.24, 2.45) is 11.8 Å². The molecule has 0 fully saturated rings. The van der Waals surface area contributed by atoms with E-state index in [1.54, 1.807) is 5.57 Å². The Labute approximate surface area is 57.3 Å². The summed E-state index contributed by atoms with van der Waals surface area (Å²) < 4.78 is 0. The summed E-state index contributed by atoms with van der Waals surface area (Å²) in [6, 6.07) is 0. The largest absolute Gasteiger partial charge is 0.0776 e. The Morgan fingerprint density at radius 2 is 2.11 bits per heavy atom. The second kappa shape index (κ2) is 2.38. The summed E-state index contributed by atoms with van der Waals surface area (Å²) in [5.41, 5.74) is 1.56. The van der Waals surface area contributed by atoms with Crippen molar-refractivity contribution in [1.29, 1.82) is 0 Å². The molecule has 0 aromatic carbocycles. The highest BCUT2D eigenvalue weighted by molar-refractivity contribution is 5.27. The average molecular weight is 122 g/mol. The summed E-state index contributed by atoms with van der Waals surface area (Å²) in [6.07, 6.45) is 6.63. The standard InChI is InChI=1S/C9H14/c1-7(2)9-6-4-5-8(9)3/h4-8H,1-3H3. The summed E-state index contributed by atoms with van der Waals surface area (Å²) in [7, 11) is 0. The van der Waals surface area contributed by atoms with E-state index in [2.05, 4.69) is 39.0 Å². The van der Waals surface area contributed by atoms with Gasteiger partial charge >= 0.3 is 0 Å². The van der Waals surface area contributed by atoms with E-state index >= 15 is 0 Å². The lowest BCUT2D eigenvalue weighted by Gasteiger charge is -2.10. The van der Waals surface area contributed by atoms with E-state index in [1.165, 1.54) is 0 Å². The minimum Gasteiger partial charge on any atom is -0.0776 e. The van der Waals surface area contributed by atoms with Gasteiger partial charge in [-0.15, -0.1) is 0 Å². The second-order valence-corrected chi connectivity index (χ2v) is 2.99. The van der Waals surface area contributed by atoms with E-state index in [4.69, 9.17) is 0 Å². The molecule has 50 valence electrons. The monoisotopic (exact) mass is 122 g/mol. The van der Waals surface area contributed by atoms with Crippen LogP contribution in [0.2, 0.25) is 0 Å². The zero-order chi connectivity index (χ0) is 6.85. The van der Waals surface area contributed by atoms with E-state index in [-0.39, 0.29) is 0 Å². The van der Waals surface area contributed by atoms with E-state index in [9.17, 15) is 0 Å². The summed E-state index contributed by atoms with van der Waals surface area (Å²) in [4.78, 5) is 0. The molecule has 1 rings (SSSR count). The quantitative estimate of drug-likeness (QED) is 0.501. The average Bonchev–Trinajstić information content (AvgIpc) is 2.13. The maximum absolute atomic E-state index is 2.25. The molecule has 0 heterocycles. The van der Waals surface area contributed by atoms with Crippen LogP contribution < -0.4 is 0 Å². The molecule has 1 unspecified atom stereocenters. The SMILES string of the molecule is CC(C)C1=CC=CC1C. The van der Waals surface area contributed by atoms with Crippen LogP contribution in [0.3, 0.4) is 0 Å². The molecule has 9 heavy (non-hydrogen) atoms. The molecule has 0 saturated heterocycles. The predicted octanol–water partition coefficient (Wildman–Crippen LogP) is 2.77. The van der Waals surface area contributed by atoms with E-state index in [0.29, 0.717) is 5.92 Å². The normalized spacial score (nSPS) is 25.3. The van der Waals surface area contributed by atoms with E-state index < -0.39 is 0 Å².